The molecular formula is C28H23ClN4O5. The van der Waals surface area contributed by atoms with E-state index in [0.717, 1.165) is 25.9 Å². The van der Waals surface area contributed by atoms with Crippen molar-refractivity contribution in [3.63, 3.8) is 0 Å². The molecule has 0 unspecified atom stereocenters. The fourth-order valence-electron chi connectivity index (χ4n) is 4.47. The summed E-state index contributed by atoms with van der Waals surface area (Å²) < 4.78 is 18.1. The number of aromatic nitrogens is 2. The first kappa shape index (κ1) is 23.9. The van der Waals surface area contributed by atoms with Crippen molar-refractivity contribution in [2.24, 2.45) is 0 Å². The smallest absolute Gasteiger partial charge is 0.299 e. The Bertz CT molecular complexity index is 1580. The van der Waals surface area contributed by atoms with Gasteiger partial charge >= 0.3 is 0 Å². The van der Waals surface area contributed by atoms with Gasteiger partial charge in [0.15, 0.2) is 22.9 Å². The molecule has 6 rings (SSSR count). The molecular weight excluding hydrogens is 508 g/mol. The van der Waals surface area contributed by atoms with E-state index in [1.165, 1.54) is 10.9 Å². The topological polar surface area (TPSA) is 94.9 Å². The van der Waals surface area contributed by atoms with Gasteiger partial charge in [-0.1, -0.05) is 23.7 Å². The lowest BCUT2D eigenvalue weighted by atomic mass is 10.1. The van der Waals surface area contributed by atoms with Crippen molar-refractivity contribution in [3.05, 3.63) is 93.9 Å². The summed E-state index contributed by atoms with van der Waals surface area (Å²) in [7, 11) is 0. The first-order chi connectivity index (χ1) is 18.5. The molecule has 3 aromatic carbocycles. The number of nitrogens with zero attached hydrogens (tertiary/aromatic N) is 3. The first-order valence-corrected chi connectivity index (χ1v) is 12.5. The Morgan fingerprint density at radius 2 is 1.79 bits per heavy atom. The molecule has 0 bridgehead atoms. The van der Waals surface area contributed by atoms with Crippen molar-refractivity contribution >= 4 is 28.9 Å². The number of carbonyl (C=O) groups is 1. The van der Waals surface area contributed by atoms with E-state index in [1.807, 2.05) is 4.90 Å². The monoisotopic (exact) mass is 530 g/mol. The minimum Gasteiger partial charge on any atom is -0.454 e. The Balaban J connectivity index is 1.38. The number of anilines is 2. The second-order valence-corrected chi connectivity index (χ2v) is 9.34. The second-order valence-electron chi connectivity index (χ2n) is 8.90. The van der Waals surface area contributed by atoms with E-state index in [0.29, 0.717) is 39.2 Å². The number of likely N-dealkylation sites (tertiary alicyclic amines) is 1. The zero-order chi connectivity index (χ0) is 26.1. The molecule has 1 fully saturated rings. The van der Waals surface area contributed by atoms with Crippen LogP contribution >= 0.6 is 11.6 Å². The number of halogens is 1. The Morgan fingerprint density at radius 1 is 0.974 bits per heavy atom. The van der Waals surface area contributed by atoms with Gasteiger partial charge in [-0.2, -0.15) is 9.78 Å². The number of fused-ring (bicyclic) bond motifs is 1. The van der Waals surface area contributed by atoms with Crippen molar-refractivity contribution in [1.29, 1.82) is 0 Å². The molecule has 4 aromatic rings. The van der Waals surface area contributed by atoms with Gasteiger partial charge in [0.25, 0.3) is 11.5 Å². The van der Waals surface area contributed by atoms with E-state index >= 15 is 0 Å². The summed E-state index contributed by atoms with van der Waals surface area (Å²) in [5, 5.41) is 7.96. The van der Waals surface area contributed by atoms with Crippen LogP contribution in [0, 0.1) is 0 Å². The van der Waals surface area contributed by atoms with Gasteiger partial charge in [0.1, 0.15) is 5.75 Å². The maximum absolute atomic E-state index is 13.7. The molecule has 0 aliphatic carbocycles. The number of benzene rings is 3. The zero-order valence-electron chi connectivity index (χ0n) is 20.2. The molecule has 0 saturated carbocycles. The van der Waals surface area contributed by atoms with Gasteiger partial charge < -0.3 is 24.4 Å². The third kappa shape index (κ3) is 4.76. The molecule has 1 amide bonds. The van der Waals surface area contributed by atoms with E-state index in [1.54, 1.807) is 66.7 Å². The zero-order valence-corrected chi connectivity index (χ0v) is 21.0. The summed E-state index contributed by atoms with van der Waals surface area (Å²) in [6.45, 7) is 1.63. The van der Waals surface area contributed by atoms with Crippen LogP contribution < -0.4 is 25.1 Å². The highest BCUT2D eigenvalue weighted by Gasteiger charge is 2.21. The van der Waals surface area contributed by atoms with E-state index in [4.69, 9.17) is 25.8 Å². The van der Waals surface area contributed by atoms with Crippen LogP contribution in [-0.2, 0) is 0 Å². The van der Waals surface area contributed by atoms with Gasteiger partial charge in [0.2, 0.25) is 6.79 Å². The molecule has 0 spiro atoms. The van der Waals surface area contributed by atoms with Crippen LogP contribution in [0.1, 0.15) is 23.2 Å². The summed E-state index contributed by atoms with van der Waals surface area (Å²) in [6.07, 6.45) is 3.46. The van der Waals surface area contributed by atoms with E-state index in [2.05, 4.69) is 10.4 Å². The number of hydrogen-bond acceptors (Lipinski definition) is 7. The highest BCUT2D eigenvalue weighted by Crippen LogP contribution is 2.38. The van der Waals surface area contributed by atoms with Crippen molar-refractivity contribution in [2.45, 2.75) is 12.8 Å². The Morgan fingerprint density at radius 3 is 2.63 bits per heavy atom. The van der Waals surface area contributed by atoms with Crippen LogP contribution in [0.15, 0.2) is 77.7 Å². The highest BCUT2D eigenvalue weighted by molar-refractivity contribution is 6.30. The summed E-state index contributed by atoms with van der Waals surface area (Å²) in [4.78, 5) is 28.5. The maximum Gasteiger partial charge on any atom is 0.299 e. The van der Waals surface area contributed by atoms with Crippen LogP contribution in [0.2, 0.25) is 5.02 Å². The SMILES string of the molecule is O=C(c1cccc(Nc2c(Oc3ccc4c(c3)OCO4)cnn(-c3cccc(Cl)c3)c2=O)c1)N1CCCC1. The highest BCUT2D eigenvalue weighted by atomic mass is 35.5. The lowest BCUT2D eigenvalue weighted by Gasteiger charge is -2.17. The molecule has 9 nitrogen and oxygen atoms in total. The van der Waals surface area contributed by atoms with E-state index in [-0.39, 0.29) is 24.1 Å². The van der Waals surface area contributed by atoms with Crippen LogP contribution in [-0.4, -0.2) is 40.5 Å². The van der Waals surface area contributed by atoms with Crippen molar-refractivity contribution in [3.8, 4) is 28.7 Å². The summed E-state index contributed by atoms with van der Waals surface area (Å²) >= 11 is 6.16. The molecule has 192 valence electrons. The molecule has 1 aromatic heterocycles. The summed E-state index contributed by atoms with van der Waals surface area (Å²) in [5.74, 6) is 1.77. The maximum atomic E-state index is 13.7. The number of hydrogen-bond donors (Lipinski definition) is 1. The summed E-state index contributed by atoms with van der Waals surface area (Å²) in [5.41, 5.74) is 1.29. The average molecular weight is 531 g/mol. The minimum atomic E-state index is -0.457. The third-order valence-electron chi connectivity index (χ3n) is 6.34. The molecule has 1 saturated heterocycles. The van der Waals surface area contributed by atoms with Gasteiger partial charge in [-0.15, -0.1) is 0 Å². The number of rotatable bonds is 6. The lowest BCUT2D eigenvalue weighted by molar-refractivity contribution is 0.0793. The predicted molar refractivity (Wildman–Crippen MR) is 142 cm³/mol. The molecule has 1 N–H and O–H groups in total. The number of nitrogens with one attached hydrogen (secondary N) is 1. The van der Waals surface area contributed by atoms with Gasteiger partial charge in [0.05, 0.1) is 11.9 Å². The minimum absolute atomic E-state index is 0.0333. The van der Waals surface area contributed by atoms with Gasteiger partial charge in [-0.05, 0) is 61.4 Å². The van der Waals surface area contributed by atoms with Crippen LogP contribution in [0.4, 0.5) is 11.4 Å². The largest absolute Gasteiger partial charge is 0.454 e. The Labute approximate surface area is 223 Å². The number of carbonyl (C=O) groups excluding carboxylic acids is 1. The molecule has 38 heavy (non-hydrogen) atoms. The Kier molecular flexibility index (Phi) is 6.35. The van der Waals surface area contributed by atoms with Crippen molar-refractivity contribution < 1.29 is 19.0 Å². The molecule has 2 aliphatic heterocycles. The van der Waals surface area contributed by atoms with Crippen LogP contribution in [0.3, 0.4) is 0 Å². The van der Waals surface area contributed by atoms with Gasteiger partial charge in [-0.3, -0.25) is 9.59 Å². The molecule has 0 radical (unpaired) electrons. The van der Waals surface area contributed by atoms with Crippen LogP contribution in [0.25, 0.3) is 5.69 Å². The van der Waals surface area contributed by atoms with Crippen molar-refractivity contribution in [1.82, 2.24) is 14.7 Å². The average Bonchev–Trinajstić information content (AvgIpc) is 3.63. The molecule has 0 atom stereocenters. The summed E-state index contributed by atoms with van der Waals surface area (Å²) in [6, 6.07) is 19.0. The Hall–Kier alpha value is -4.50. The fraction of sp³-hybridized carbons (Fsp3) is 0.179. The molecule has 3 heterocycles. The molecule has 10 heteroatoms. The first-order valence-electron chi connectivity index (χ1n) is 12.2. The fourth-order valence-corrected chi connectivity index (χ4v) is 4.65. The van der Waals surface area contributed by atoms with Crippen molar-refractivity contribution in [2.75, 3.05) is 25.2 Å². The van der Waals surface area contributed by atoms with Gasteiger partial charge in [-0.25, -0.2) is 0 Å². The number of amides is 1. The van der Waals surface area contributed by atoms with E-state index < -0.39 is 5.56 Å². The quantitative estimate of drug-likeness (QED) is 0.357. The standard InChI is InChI=1S/C28H23ClN4O5/c29-19-6-4-8-21(14-19)33-28(35)26(25(16-30-33)38-22-9-10-23-24(15-22)37-17-36-23)31-20-7-3-5-18(13-20)27(34)32-11-1-2-12-32/h3-10,13-16,31H,1-2,11-12,17H2. The second kappa shape index (κ2) is 10.1. The lowest BCUT2D eigenvalue weighted by Crippen LogP contribution is -2.27. The molecule has 2 aliphatic rings. The third-order valence-corrected chi connectivity index (χ3v) is 6.57. The van der Waals surface area contributed by atoms with E-state index in [9.17, 15) is 9.59 Å². The normalized spacial score (nSPS) is 14.0. The van der Waals surface area contributed by atoms with Gasteiger partial charge in [0, 0.05) is 35.4 Å². The van der Waals surface area contributed by atoms with Crippen LogP contribution in [0.5, 0.6) is 23.0 Å². The number of ether oxygens (including phenoxy) is 3. The predicted octanol–water partition coefficient (Wildman–Crippen LogP) is 5.39.